The summed E-state index contributed by atoms with van der Waals surface area (Å²) in [5.41, 5.74) is 6.33. The lowest BCUT2D eigenvalue weighted by molar-refractivity contribution is -0.144. The maximum Gasteiger partial charge on any atom is 0.329 e. The lowest BCUT2D eigenvalue weighted by Crippen LogP contribution is -2.46. The van der Waals surface area contributed by atoms with Gasteiger partial charge in [0.15, 0.2) is 5.16 Å². The molecule has 1 heterocycles. The number of amides is 1. The second kappa shape index (κ2) is 11.5. The SMILES string of the molecule is CC[C@H](Sc1nc(N)cc(=O)[nH]1)C(=O)N[C@H](CSCc1ccccc1)C(=O)OC. The minimum Gasteiger partial charge on any atom is -0.467 e. The number of nitrogen functional groups attached to an aromatic ring is 1. The van der Waals surface area contributed by atoms with Crippen LogP contribution in [0.15, 0.2) is 46.3 Å². The Bertz CT molecular complexity index is 876. The second-order valence-corrected chi connectivity index (χ2v) is 8.30. The molecule has 0 aliphatic carbocycles. The van der Waals surface area contributed by atoms with Crippen molar-refractivity contribution in [1.82, 2.24) is 15.3 Å². The number of carbonyl (C=O) groups excluding carboxylic acids is 2. The molecule has 4 N–H and O–H groups in total. The summed E-state index contributed by atoms with van der Waals surface area (Å²) in [5, 5.41) is 2.45. The van der Waals surface area contributed by atoms with Gasteiger partial charge in [-0.1, -0.05) is 49.0 Å². The summed E-state index contributed by atoms with van der Waals surface area (Å²) in [6, 6.07) is 10.2. The highest BCUT2D eigenvalue weighted by Gasteiger charge is 2.26. The summed E-state index contributed by atoms with van der Waals surface area (Å²) in [6.07, 6.45) is 0.472. The summed E-state index contributed by atoms with van der Waals surface area (Å²) in [7, 11) is 1.29. The van der Waals surface area contributed by atoms with Gasteiger partial charge in [-0.05, 0) is 12.0 Å². The van der Waals surface area contributed by atoms with Crippen LogP contribution in [0.3, 0.4) is 0 Å². The Hall–Kier alpha value is -2.46. The molecule has 1 aromatic heterocycles. The van der Waals surface area contributed by atoms with Gasteiger partial charge in [-0.3, -0.25) is 9.59 Å². The average molecular weight is 437 g/mol. The number of nitrogens with two attached hydrogens (primary N) is 1. The van der Waals surface area contributed by atoms with Crippen LogP contribution in [-0.4, -0.2) is 46.0 Å². The van der Waals surface area contributed by atoms with E-state index in [1.165, 1.54) is 24.9 Å². The van der Waals surface area contributed by atoms with Gasteiger partial charge >= 0.3 is 5.97 Å². The lowest BCUT2D eigenvalue weighted by Gasteiger charge is -2.20. The van der Waals surface area contributed by atoms with Crippen LogP contribution in [0.25, 0.3) is 0 Å². The smallest absolute Gasteiger partial charge is 0.329 e. The predicted molar refractivity (Wildman–Crippen MR) is 116 cm³/mol. The van der Waals surface area contributed by atoms with Crippen LogP contribution in [-0.2, 0) is 20.1 Å². The number of esters is 1. The molecule has 8 nitrogen and oxygen atoms in total. The van der Waals surface area contributed by atoms with E-state index in [0.29, 0.717) is 17.9 Å². The van der Waals surface area contributed by atoms with Crippen molar-refractivity contribution in [2.75, 3.05) is 18.6 Å². The Morgan fingerprint density at radius 2 is 2.03 bits per heavy atom. The zero-order valence-corrected chi connectivity index (χ0v) is 17.8. The number of benzene rings is 1. The average Bonchev–Trinajstić information content (AvgIpc) is 2.70. The van der Waals surface area contributed by atoms with Crippen molar-refractivity contribution >= 4 is 41.2 Å². The molecule has 2 aromatic rings. The Morgan fingerprint density at radius 3 is 2.66 bits per heavy atom. The number of aromatic nitrogens is 2. The zero-order valence-electron chi connectivity index (χ0n) is 16.2. The van der Waals surface area contributed by atoms with E-state index in [4.69, 9.17) is 10.5 Å². The third-order valence-corrected chi connectivity index (χ3v) is 6.21. The summed E-state index contributed by atoms with van der Waals surface area (Å²) in [6.45, 7) is 1.83. The molecule has 10 heteroatoms. The first kappa shape index (κ1) is 22.8. The molecule has 156 valence electrons. The first-order valence-corrected chi connectivity index (χ1v) is 11.0. The Labute approximate surface area is 177 Å². The van der Waals surface area contributed by atoms with Crippen LogP contribution in [0.2, 0.25) is 0 Å². The molecule has 2 rings (SSSR count). The van der Waals surface area contributed by atoms with Crippen LogP contribution in [0.4, 0.5) is 5.82 Å². The minimum atomic E-state index is -0.774. The fraction of sp³-hybridized carbons (Fsp3) is 0.368. The first-order valence-electron chi connectivity index (χ1n) is 8.96. The topological polar surface area (TPSA) is 127 Å². The number of hydrogen-bond acceptors (Lipinski definition) is 8. The Kier molecular flexibility index (Phi) is 9.07. The summed E-state index contributed by atoms with van der Waals surface area (Å²) in [4.78, 5) is 42.9. The van der Waals surface area contributed by atoms with Crippen molar-refractivity contribution < 1.29 is 14.3 Å². The van der Waals surface area contributed by atoms with Gasteiger partial charge < -0.3 is 20.8 Å². The number of thioether (sulfide) groups is 2. The number of anilines is 1. The number of rotatable bonds is 10. The molecule has 1 aromatic carbocycles. The van der Waals surface area contributed by atoms with Crippen molar-refractivity contribution in [3.05, 3.63) is 52.3 Å². The van der Waals surface area contributed by atoms with Gasteiger partial charge in [-0.25, -0.2) is 9.78 Å². The quantitative estimate of drug-likeness (QED) is 0.292. The predicted octanol–water partition coefficient (Wildman–Crippen LogP) is 1.81. The van der Waals surface area contributed by atoms with Crippen molar-refractivity contribution in [3.8, 4) is 0 Å². The number of hydrogen-bond donors (Lipinski definition) is 3. The molecule has 0 spiro atoms. The van der Waals surface area contributed by atoms with Crippen molar-refractivity contribution in [2.24, 2.45) is 0 Å². The van der Waals surface area contributed by atoms with E-state index < -0.39 is 17.3 Å². The zero-order chi connectivity index (χ0) is 21.2. The molecule has 1 amide bonds. The number of aromatic amines is 1. The number of nitrogens with zero attached hydrogens (tertiary/aromatic N) is 1. The molecule has 2 atom stereocenters. The highest BCUT2D eigenvalue weighted by molar-refractivity contribution is 8.00. The molecular formula is C19H24N4O4S2. The number of carbonyl (C=O) groups is 2. The number of H-pyrrole nitrogens is 1. The molecule has 0 saturated carbocycles. The molecule has 0 aliphatic rings. The summed E-state index contributed by atoms with van der Waals surface area (Å²) >= 11 is 2.62. The number of ether oxygens (including phenoxy) is 1. The van der Waals surface area contributed by atoms with Crippen LogP contribution in [0, 0.1) is 0 Å². The largest absolute Gasteiger partial charge is 0.467 e. The minimum absolute atomic E-state index is 0.0799. The van der Waals surface area contributed by atoms with E-state index in [9.17, 15) is 14.4 Å². The Balaban J connectivity index is 1.98. The van der Waals surface area contributed by atoms with Crippen molar-refractivity contribution in [2.45, 2.75) is 35.5 Å². The second-order valence-electron chi connectivity index (χ2n) is 6.08. The summed E-state index contributed by atoms with van der Waals surface area (Å²) in [5.74, 6) is 0.329. The number of methoxy groups -OCH3 is 1. The van der Waals surface area contributed by atoms with Crippen molar-refractivity contribution in [3.63, 3.8) is 0 Å². The van der Waals surface area contributed by atoms with E-state index in [-0.39, 0.29) is 22.4 Å². The van der Waals surface area contributed by atoms with Crippen LogP contribution in [0.5, 0.6) is 0 Å². The van der Waals surface area contributed by atoms with Gasteiger partial charge in [0.2, 0.25) is 5.91 Å². The molecule has 0 unspecified atom stereocenters. The van der Waals surface area contributed by atoms with E-state index in [2.05, 4.69) is 15.3 Å². The number of nitrogens with one attached hydrogen (secondary N) is 2. The van der Waals surface area contributed by atoms with Gasteiger partial charge in [0.05, 0.1) is 12.4 Å². The highest BCUT2D eigenvalue weighted by atomic mass is 32.2. The van der Waals surface area contributed by atoms with Crippen LogP contribution < -0.4 is 16.6 Å². The molecule has 0 bridgehead atoms. The van der Waals surface area contributed by atoms with E-state index in [1.54, 1.807) is 0 Å². The van der Waals surface area contributed by atoms with Gasteiger partial charge in [0, 0.05) is 17.6 Å². The molecule has 29 heavy (non-hydrogen) atoms. The van der Waals surface area contributed by atoms with Gasteiger partial charge in [-0.2, -0.15) is 11.8 Å². The fourth-order valence-corrected chi connectivity index (χ4v) is 4.34. The fourth-order valence-electron chi connectivity index (χ4n) is 2.41. The van der Waals surface area contributed by atoms with E-state index >= 15 is 0 Å². The van der Waals surface area contributed by atoms with Crippen molar-refractivity contribution in [1.29, 1.82) is 0 Å². The Morgan fingerprint density at radius 1 is 1.31 bits per heavy atom. The molecule has 0 aliphatic heterocycles. The third kappa shape index (κ3) is 7.47. The van der Waals surface area contributed by atoms with Gasteiger partial charge in [-0.15, -0.1) is 0 Å². The monoisotopic (exact) mass is 436 g/mol. The lowest BCUT2D eigenvalue weighted by atomic mass is 10.2. The van der Waals surface area contributed by atoms with Crippen LogP contribution in [0.1, 0.15) is 18.9 Å². The van der Waals surface area contributed by atoms with Gasteiger partial charge in [0.25, 0.3) is 5.56 Å². The van der Waals surface area contributed by atoms with Gasteiger partial charge in [0.1, 0.15) is 11.9 Å². The third-order valence-electron chi connectivity index (χ3n) is 3.86. The normalized spacial score (nSPS) is 12.8. The van der Waals surface area contributed by atoms with E-state index in [1.807, 2.05) is 37.3 Å². The highest BCUT2D eigenvalue weighted by Crippen LogP contribution is 2.22. The maximum atomic E-state index is 12.7. The first-order chi connectivity index (χ1) is 13.9. The standard InChI is InChI=1S/C19H24N4O4S2/c1-3-14(29-19-22-15(20)9-16(24)23-19)17(25)21-13(18(26)27-2)11-28-10-12-7-5-4-6-8-12/h4-9,13-14H,3,10-11H2,1-2H3,(H,21,25)(H3,20,22,23,24)/t13-,14+/m1/s1. The summed E-state index contributed by atoms with van der Waals surface area (Å²) < 4.78 is 4.83. The van der Waals surface area contributed by atoms with E-state index in [0.717, 1.165) is 17.3 Å². The molecule has 0 radical (unpaired) electrons. The molecule has 0 fully saturated rings. The maximum absolute atomic E-state index is 12.7. The molecular weight excluding hydrogens is 412 g/mol. The molecule has 0 saturated heterocycles. The van der Waals surface area contributed by atoms with Crippen LogP contribution >= 0.6 is 23.5 Å².